The Hall–Kier alpha value is -3.21. The lowest BCUT2D eigenvalue weighted by atomic mass is 10.2. The number of anilines is 3. The minimum atomic E-state index is -3.44. The third-order valence-corrected chi connectivity index (χ3v) is 9.18. The molecule has 0 unspecified atom stereocenters. The maximum absolute atomic E-state index is 12.8. The molecule has 1 N–H and O–H groups in total. The third-order valence-electron chi connectivity index (χ3n) is 6.04. The molecule has 36 heavy (non-hydrogen) atoms. The highest BCUT2D eigenvalue weighted by Gasteiger charge is 2.23. The van der Waals surface area contributed by atoms with Crippen molar-refractivity contribution < 1.29 is 17.9 Å². The van der Waals surface area contributed by atoms with Crippen molar-refractivity contribution in [3.63, 3.8) is 0 Å². The van der Waals surface area contributed by atoms with Gasteiger partial charge in [0.25, 0.3) is 0 Å². The number of morpholine rings is 1. The highest BCUT2D eigenvalue weighted by Crippen LogP contribution is 2.31. The quantitative estimate of drug-likeness (QED) is 0.343. The first-order chi connectivity index (χ1) is 17.4. The zero-order valence-electron chi connectivity index (χ0n) is 20.2. The van der Waals surface area contributed by atoms with Gasteiger partial charge in [-0.3, -0.25) is 0 Å². The van der Waals surface area contributed by atoms with E-state index >= 15 is 0 Å². The van der Waals surface area contributed by atoms with Crippen molar-refractivity contribution in [3.8, 4) is 5.88 Å². The van der Waals surface area contributed by atoms with Crippen LogP contribution in [0, 0.1) is 0 Å². The van der Waals surface area contributed by atoms with Crippen molar-refractivity contribution in [1.29, 1.82) is 0 Å². The fourth-order valence-corrected chi connectivity index (χ4v) is 6.04. The van der Waals surface area contributed by atoms with Crippen LogP contribution in [-0.4, -0.2) is 49.9 Å². The monoisotopic (exact) mass is 524 g/mol. The number of sulfone groups is 1. The van der Waals surface area contributed by atoms with Gasteiger partial charge in [-0.2, -0.15) is 4.98 Å². The minimum Gasteiger partial charge on any atom is -0.472 e. The zero-order valence-corrected chi connectivity index (χ0v) is 21.8. The van der Waals surface area contributed by atoms with Crippen LogP contribution in [0.4, 0.5) is 17.3 Å². The molecule has 0 aliphatic carbocycles. The number of nitrogens with one attached hydrogen (secondary N) is 1. The highest BCUT2D eigenvalue weighted by molar-refractivity contribution is 7.92. The summed E-state index contributed by atoms with van der Waals surface area (Å²) in [6.07, 6.45) is 0. The van der Waals surface area contributed by atoms with Crippen molar-refractivity contribution in [3.05, 3.63) is 65.5 Å². The van der Waals surface area contributed by atoms with E-state index in [0.717, 1.165) is 47.9 Å². The summed E-state index contributed by atoms with van der Waals surface area (Å²) in [7, 11) is -3.44. The van der Waals surface area contributed by atoms with Crippen molar-refractivity contribution in [2.75, 3.05) is 36.5 Å². The summed E-state index contributed by atoms with van der Waals surface area (Å²) in [6, 6.07) is 17.0. The number of rotatable bonds is 8. The van der Waals surface area contributed by atoms with Crippen LogP contribution in [0.5, 0.6) is 5.88 Å². The Bertz CT molecular complexity index is 1450. The fourth-order valence-electron chi connectivity index (χ4n) is 4.00. The standard InChI is InChI=1S/C26H28N4O4S2/c1-18(2)36(31,32)23-6-4-3-5-19(23)17-34-25-24-22(11-16-35-24)28-26(29-25)27-20-7-9-21(10-8-20)30-12-14-33-15-13-30/h3-11,16,18H,12-15,17H2,1-2H3,(H,27,28,29). The number of ether oxygens (including phenoxy) is 2. The van der Waals surface area contributed by atoms with Crippen molar-refractivity contribution in [1.82, 2.24) is 9.97 Å². The summed E-state index contributed by atoms with van der Waals surface area (Å²) in [5.41, 5.74) is 3.38. The van der Waals surface area contributed by atoms with Crippen molar-refractivity contribution in [2.24, 2.45) is 0 Å². The molecule has 10 heteroatoms. The lowest BCUT2D eigenvalue weighted by Gasteiger charge is -2.28. The molecule has 1 saturated heterocycles. The lowest BCUT2D eigenvalue weighted by molar-refractivity contribution is 0.122. The van der Waals surface area contributed by atoms with Crippen LogP contribution in [0.15, 0.2) is 64.9 Å². The third kappa shape index (κ3) is 5.16. The average molecular weight is 525 g/mol. The van der Waals surface area contributed by atoms with E-state index in [2.05, 4.69) is 32.3 Å². The van der Waals surface area contributed by atoms with E-state index in [4.69, 9.17) is 9.47 Å². The van der Waals surface area contributed by atoms with Gasteiger partial charge in [-0.05, 0) is 55.6 Å². The van der Waals surface area contributed by atoms with Gasteiger partial charge in [-0.25, -0.2) is 13.4 Å². The Morgan fingerprint density at radius 1 is 1.06 bits per heavy atom. The van der Waals surface area contributed by atoms with Gasteiger partial charge in [-0.1, -0.05) is 18.2 Å². The van der Waals surface area contributed by atoms with Crippen LogP contribution < -0.4 is 15.0 Å². The van der Waals surface area contributed by atoms with Crippen molar-refractivity contribution in [2.45, 2.75) is 30.6 Å². The van der Waals surface area contributed by atoms with Gasteiger partial charge in [-0.15, -0.1) is 11.3 Å². The number of hydrogen-bond donors (Lipinski definition) is 1. The second-order valence-electron chi connectivity index (χ2n) is 8.75. The summed E-state index contributed by atoms with van der Waals surface area (Å²) in [5.74, 6) is 0.831. The van der Waals surface area contributed by atoms with Gasteiger partial charge in [0.15, 0.2) is 9.84 Å². The number of fused-ring (bicyclic) bond motifs is 1. The molecule has 0 saturated carbocycles. The van der Waals surface area contributed by atoms with Gasteiger partial charge in [0.2, 0.25) is 11.8 Å². The van der Waals surface area contributed by atoms with E-state index in [0.29, 0.717) is 17.4 Å². The van der Waals surface area contributed by atoms with Gasteiger partial charge in [0.1, 0.15) is 11.3 Å². The van der Waals surface area contributed by atoms with Gasteiger partial charge in [0.05, 0.1) is 28.9 Å². The number of aromatic nitrogens is 2. The van der Waals surface area contributed by atoms with Crippen LogP contribution in [0.2, 0.25) is 0 Å². The molecule has 188 valence electrons. The molecule has 1 aliphatic heterocycles. The smallest absolute Gasteiger partial charge is 0.237 e. The van der Waals surface area contributed by atoms with E-state index < -0.39 is 15.1 Å². The minimum absolute atomic E-state index is 0.0832. The fraction of sp³-hybridized carbons (Fsp3) is 0.308. The zero-order chi connectivity index (χ0) is 25.1. The summed E-state index contributed by atoms with van der Waals surface area (Å²) >= 11 is 1.48. The molecule has 0 bridgehead atoms. The Morgan fingerprint density at radius 3 is 2.56 bits per heavy atom. The Balaban J connectivity index is 1.37. The molecule has 1 aliphatic rings. The molecule has 2 aromatic carbocycles. The van der Waals surface area contributed by atoms with E-state index in [1.807, 2.05) is 29.6 Å². The largest absolute Gasteiger partial charge is 0.472 e. The number of hydrogen-bond acceptors (Lipinski definition) is 9. The SMILES string of the molecule is CC(C)S(=O)(=O)c1ccccc1COc1nc(Nc2ccc(N3CCOCC3)cc2)nc2ccsc12. The molecular weight excluding hydrogens is 496 g/mol. The van der Waals surface area contributed by atoms with E-state index in [1.54, 1.807) is 32.0 Å². The summed E-state index contributed by atoms with van der Waals surface area (Å²) in [6.45, 7) is 6.69. The Labute approximate surface area is 214 Å². The topological polar surface area (TPSA) is 93.7 Å². The maximum Gasteiger partial charge on any atom is 0.237 e. The number of thiophene rings is 1. The molecule has 2 aromatic heterocycles. The molecule has 1 fully saturated rings. The Kier molecular flexibility index (Phi) is 7.08. The average Bonchev–Trinajstić information content (AvgIpc) is 3.37. The summed E-state index contributed by atoms with van der Waals surface area (Å²) < 4.78 is 38.0. The molecule has 0 atom stereocenters. The summed E-state index contributed by atoms with van der Waals surface area (Å²) in [4.78, 5) is 11.8. The maximum atomic E-state index is 12.8. The van der Waals surface area contributed by atoms with Crippen LogP contribution in [0.25, 0.3) is 10.2 Å². The number of nitrogens with zero attached hydrogens (tertiary/aromatic N) is 3. The molecule has 3 heterocycles. The van der Waals surface area contributed by atoms with Crippen LogP contribution >= 0.6 is 11.3 Å². The molecule has 4 aromatic rings. The summed E-state index contributed by atoms with van der Waals surface area (Å²) in [5, 5.41) is 4.68. The first-order valence-corrected chi connectivity index (χ1v) is 14.2. The predicted molar refractivity (Wildman–Crippen MR) is 143 cm³/mol. The molecule has 8 nitrogen and oxygen atoms in total. The molecule has 5 rings (SSSR count). The van der Waals surface area contributed by atoms with E-state index in [-0.39, 0.29) is 11.5 Å². The normalized spacial score (nSPS) is 14.4. The molecule has 0 spiro atoms. The van der Waals surface area contributed by atoms with E-state index in [9.17, 15) is 8.42 Å². The first-order valence-electron chi connectivity index (χ1n) is 11.8. The second-order valence-corrected chi connectivity index (χ2v) is 12.1. The Morgan fingerprint density at radius 2 is 1.81 bits per heavy atom. The highest BCUT2D eigenvalue weighted by atomic mass is 32.2. The second kappa shape index (κ2) is 10.4. The first kappa shape index (κ1) is 24.5. The molecule has 0 radical (unpaired) electrons. The van der Waals surface area contributed by atoms with Gasteiger partial charge < -0.3 is 19.7 Å². The number of benzene rings is 2. The predicted octanol–water partition coefficient (Wildman–Crippen LogP) is 5.03. The lowest BCUT2D eigenvalue weighted by Crippen LogP contribution is -2.36. The van der Waals surface area contributed by atoms with Crippen LogP contribution in [-0.2, 0) is 21.2 Å². The molecule has 0 amide bonds. The van der Waals surface area contributed by atoms with Gasteiger partial charge >= 0.3 is 0 Å². The van der Waals surface area contributed by atoms with Gasteiger partial charge in [0, 0.05) is 30.0 Å². The van der Waals surface area contributed by atoms with E-state index in [1.165, 1.54) is 11.3 Å². The van der Waals surface area contributed by atoms with Crippen molar-refractivity contribution >= 4 is 48.7 Å². The van der Waals surface area contributed by atoms with Crippen LogP contribution in [0.1, 0.15) is 19.4 Å². The molecular formula is C26H28N4O4S2. The van der Waals surface area contributed by atoms with Crippen LogP contribution in [0.3, 0.4) is 0 Å².